The first-order valence-electron chi connectivity index (χ1n) is 11.3. The van der Waals surface area contributed by atoms with Crippen molar-refractivity contribution in [2.24, 2.45) is 0 Å². The van der Waals surface area contributed by atoms with E-state index in [0.717, 1.165) is 11.8 Å². The van der Waals surface area contributed by atoms with Gasteiger partial charge in [-0.05, 0) is 37.6 Å². The van der Waals surface area contributed by atoms with Gasteiger partial charge in [-0.3, -0.25) is 0 Å². The Bertz CT molecular complexity index is 1350. The van der Waals surface area contributed by atoms with Crippen LogP contribution in [0.4, 0.5) is 17.6 Å². The Kier molecular flexibility index (Phi) is 8.56. The van der Waals surface area contributed by atoms with Gasteiger partial charge in [-0.1, -0.05) is 11.8 Å². The van der Waals surface area contributed by atoms with Crippen LogP contribution in [0.1, 0.15) is 18.9 Å². The van der Waals surface area contributed by atoms with Gasteiger partial charge in [0.1, 0.15) is 0 Å². The van der Waals surface area contributed by atoms with Crippen molar-refractivity contribution in [1.82, 2.24) is 13.9 Å². The molecule has 0 N–H and O–H groups in total. The number of hydrogen-bond acceptors (Lipinski definition) is 6. The van der Waals surface area contributed by atoms with Gasteiger partial charge in [-0.25, -0.2) is 31.0 Å². The number of fused-ring (bicyclic) bond motifs is 1. The molecule has 2 heterocycles. The first-order chi connectivity index (χ1) is 17.2. The molecule has 13 heteroatoms. The number of hydrogen-bond donors (Lipinski definition) is 0. The second-order valence-electron chi connectivity index (χ2n) is 8.01. The molecule has 1 aliphatic heterocycles. The minimum atomic E-state index is -3.75. The summed E-state index contributed by atoms with van der Waals surface area (Å²) in [6, 6.07) is 5.25. The number of halogens is 4. The number of rotatable bonds is 10. The zero-order chi connectivity index (χ0) is 25.9. The Morgan fingerprint density at radius 1 is 1.08 bits per heavy atom. The molecule has 1 aliphatic rings. The summed E-state index contributed by atoms with van der Waals surface area (Å²) in [7, 11) is -3.75. The predicted octanol–water partition coefficient (Wildman–Crippen LogP) is 4.33. The van der Waals surface area contributed by atoms with Gasteiger partial charge in [0.2, 0.25) is 10.0 Å². The quantitative estimate of drug-likeness (QED) is 0.124. The highest BCUT2D eigenvalue weighted by Gasteiger charge is 2.27. The third kappa shape index (κ3) is 5.54. The van der Waals surface area contributed by atoms with E-state index in [4.69, 9.17) is 9.47 Å². The molecule has 7 nitrogen and oxygen atoms in total. The topological polar surface area (TPSA) is 73.7 Å². The molecule has 0 radical (unpaired) electrons. The van der Waals surface area contributed by atoms with Crippen LogP contribution in [0.5, 0.6) is 0 Å². The number of aromatic nitrogens is 2. The van der Waals surface area contributed by atoms with Crippen LogP contribution >= 0.6 is 11.8 Å². The molecule has 0 bridgehead atoms. The van der Waals surface area contributed by atoms with Crippen molar-refractivity contribution in [3.8, 4) is 0 Å². The maximum Gasteiger partial charge on any atom is 0.243 e. The van der Waals surface area contributed by atoms with Gasteiger partial charge in [-0.2, -0.15) is 4.31 Å². The maximum atomic E-state index is 14.2. The number of benzene rings is 2. The number of aryl methyl sites for hydroxylation is 1. The van der Waals surface area contributed by atoms with E-state index in [1.54, 1.807) is 6.07 Å². The highest BCUT2D eigenvalue weighted by atomic mass is 32.2. The summed E-state index contributed by atoms with van der Waals surface area (Å²) in [5, 5.41) is 0.395. The lowest BCUT2D eigenvalue weighted by Gasteiger charge is -2.26. The monoisotopic (exact) mass is 547 g/mol. The Labute approximate surface area is 210 Å². The van der Waals surface area contributed by atoms with Crippen LogP contribution in [-0.2, 0) is 31.8 Å². The van der Waals surface area contributed by atoms with Crippen LogP contribution in [0, 0.1) is 23.3 Å². The summed E-state index contributed by atoms with van der Waals surface area (Å²) in [5.41, 5.74) is 0.701. The van der Waals surface area contributed by atoms with Crippen LogP contribution in [0.25, 0.3) is 11.0 Å². The molecule has 0 amide bonds. The van der Waals surface area contributed by atoms with Crippen molar-refractivity contribution in [2.75, 3.05) is 39.5 Å². The molecular formula is C23H25F4N3O4S2. The summed E-state index contributed by atoms with van der Waals surface area (Å²) >= 11 is 1.01. The number of sulfonamides is 1. The van der Waals surface area contributed by atoms with Gasteiger partial charge >= 0.3 is 0 Å². The van der Waals surface area contributed by atoms with Gasteiger partial charge in [0.15, 0.2) is 28.4 Å². The Hall–Kier alpha value is -2.19. The molecule has 36 heavy (non-hydrogen) atoms. The zero-order valence-corrected chi connectivity index (χ0v) is 21.1. The average Bonchev–Trinajstić information content (AvgIpc) is 3.23. The third-order valence-corrected chi connectivity index (χ3v) is 8.62. The number of morpholine rings is 1. The van der Waals surface area contributed by atoms with E-state index in [1.165, 1.54) is 16.4 Å². The molecule has 4 rings (SSSR count). The number of nitrogens with zero attached hydrogens (tertiary/aromatic N) is 3. The lowest BCUT2D eigenvalue weighted by Crippen LogP contribution is -2.40. The lowest BCUT2D eigenvalue weighted by atomic mass is 10.2. The van der Waals surface area contributed by atoms with Crippen molar-refractivity contribution in [2.45, 2.75) is 35.7 Å². The largest absolute Gasteiger partial charge is 0.382 e. The summed E-state index contributed by atoms with van der Waals surface area (Å²) in [5.74, 6) is -6.88. The van der Waals surface area contributed by atoms with Crippen molar-refractivity contribution >= 4 is 32.8 Å². The maximum absolute atomic E-state index is 14.2. The fourth-order valence-electron chi connectivity index (χ4n) is 3.85. The van der Waals surface area contributed by atoms with Gasteiger partial charge in [0, 0.05) is 44.2 Å². The van der Waals surface area contributed by atoms with Crippen LogP contribution in [-0.4, -0.2) is 61.8 Å². The van der Waals surface area contributed by atoms with Crippen LogP contribution in [0.3, 0.4) is 0 Å². The van der Waals surface area contributed by atoms with Gasteiger partial charge in [0.05, 0.1) is 29.1 Å². The first-order valence-corrected chi connectivity index (χ1v) is 13.8. The molecule has 1 aromatic heterocycles. The van der Waals surface area contributed by atoms with Crippen molar-refractivity contribution in [1.29, 1.82) is 0 Å². The zero-order valence-electron chi connectivity index (χ0n) is 19.5. The smallest absolute Gasteiger partial charge is 0.243 e. The molecule has 0 aliphatic carbocycles. The van der Waals surface area contributed by atoms with E-state index in [1.807, 2.05) is 11.5 Å². The molecule has 1 saturated heterocycles. The Morgan fingerprint density at radius 2 is 1.83 bits per heavy atom. The molecule has 2 aromatic carbocycles. The van der Waals surface area contributed by atoms with Crippen LogP contribution < -0.4 is 0 Å². The summed E-state index contributed by atoms with van der Waals surface area (Å²) in [6.07, 6.45) is 0.620. The van der Waals surface area contributed by atoms with Gasteiger partial charge in [-0.15, -0.1) is 0 Å². The fraction of sp³-hybridized carbons (Fsp3) is 0.435. The SMILES string of the molecule is CCOCCCn1c(SCc2cc(F)c(F)c(F)c2F)nc2cc(S(=O)(=O)N3CCOCC3)ccc21. The molecule has 196 valence electrons. The predicted molar refractivity (Wildman–Crippen MR) is 126 cm³/mol. The number of imidazole rings is 1. The van der Waals surface area contributed by atoms with Crippen molar-refractivity contribution in [3.05, 3.63) is 53.1 Å². The average molecular weight is 548 g/mol. The van der Waals surface area contributed by atoms with E-state index in [-0.39, 0.29) is 29.3 Å². The minimum absolute atomic E-state index is 0.0844. The second-order valence-corrected chi connectivity index (χ2v) is 10.9. The van der Waals surface area contributed by atoms with E-state index < -0.39 is 33.3 Å². The Morgan fingerprint density at radius 3 is 2.56 bits per heavy atom. The van der Waals surface area contributed by atoms with Crippen molar-refractivity contribution < 1.29 is 35.5 Å². The number of thioether (sulfide) groups is 1. The summed E-state index contributed by atoms with van der Waals surface area (Å²) in [6.45, 7) is 4.51. The molecule has 0 atom stereocenters. The Balaban J connectivity index is 1.66. The highest BCUT2D eigenvalue weighted by molar-refractivity contribution is 7.98. The minimum Gasteiger partial charge on any atom is -0.382 e. The van der Waals surface area contributed by atoms with Crippen LogP contribution in [0.2, 0.25) is 0 Å². The van der Waals surface area contributed by atoms with E-state index >= 15 is 0 Å². The standard InChI is InChI=1S/C23H25F4N3O4S2/c1-2-33-9-3-6-30-19-5-4-16(36(31,32)29-7-10-34-11-8-29)13-18(19)28-23(30)35-14-15-12-17(24)21(26)22(27)20(15)25/h4-5,12-13H,2-3,6-11,14H2,1H3. The van der Waals surface area contributed by atoms with Crippen LogP contribution in [0.15, 0.2) is 34.3 Å². The van der Waals surface area contributed by atoms with Gasteiger partial charge in [0.25, 0.3) is 0 Å². The molecule has 0 unspecified atom stereocenters. The molecule has 0 saturated carbocycles. The second kappa shape index (κ2) is 11.5. The normalized spacial score (nSPS) is 15.1. The molecule has 0 spiro atoms. The summed E-state index contributed by atoms with van der Waals surface area (Å²) in [4.78, 5) is 4.62. The number of ether oxygens (including phenoxy) is 2. The van der Waals surface area contributed by atoms with Crippen molar-refractivity contribution in [3.63, 3.8) is 0 Å². The first kappa shape index (κ1) is 26.9. The molecule has 3 aromatic rings. The third-order valence-electron chi connectivity index (χ3n) is 5.70. The van der Waals surface area contributed by atoms with E-state index in [2.05, 4.69) is 4.98 Å². The van der Waals surface area contributed by atoms with E-state index in [9.17, 15) is 26.0 Å². The highest BCUT2D eigenvalue weighted by Crippen LogP contribution is 2.31. The molecular weight excluding hydrogens is 522 g/mol. The summed E-state index contributed by atoms with van der Waals surface area (Å²) < 4.78 is 94.8. The molecule has 1 fully saturated rings. The lowest BCUT2D eigenvalue weighted by molar-refractivity contribution is 0.0730. The fourth-order valence-corrected chi connectivity index (χ4v) is 6.28. The van der Waals surface area contributed by atoms with Gasteiger partial charge < -0.3 is 14.0 Å². The van der Waals surface area contributed by atoms with E-state index in [0.29, 0.717) is 61.6 Å².